The molecule has 0 N–H and O–H groups in total. The van der Waals surface area contributed by atoms with Gasteiger partial charge in [-0.05, 0) is 12.5 Å². The quantitative estimate of drug-likeness (QED) is 0.600. The molecule has 0 unspecified atom stereocenters. The highest BCUT2D eigenvalue weighted by Crippen LogP contribution is 2.07. The predicted octanol–water partition coefficient (Wildman–Crippen LogP) is 3.84. The number of hydrogen-bond acceptors (Lipinski definition) is 0. The minimum atomic E-state index is 1.08. The van der Waals surface area contributed by atoms with Gasteiger partial charge in [0.05, 0.1) is 0 Å². The summed E-state index contributed by atoms with van der Waals surface area (Å²) in [5.41, 5.74) is 2.25. The lowest BCUT2D eigenvalue weighted by molar-refractivity contribution is 1.60. The van der Waals surface area contributed by atoms with Gasteiger partial charge < -0.3 is 0 Å². The van der Waals surface area contributed by atoms with Crippen molar-refractivity contribution >= 4 is 5.57 Å². The van der Waals surface area contributed by atoms with Gasteiger partial charge in [0.1, 0.15) is 0 Å². The summed E-state index contributed by atoms with van der Waals surface area (Å²) in [6.45, 7) is 5.92. The van der Waals surface area contributed by atoms with Crippen LogP contribution < -0.4 is 0 Å². The van der Waals surface area contributed by atoms with E-state index in [0.717, 1.165) is 11.1 Å². The fourth-order valence-electron chi connectivity index (χ4n) is 0.979. The van der Waals surface area contributed by atoms with Gasteiger partial charge in [0, 0.05) is 0 Å². The largest absolute Gasteiger partial charge is 0.0955 e. The highest BCUT2D eigenvalue weighted by Gasteiger charge is 1.84. The van der Waals surface area contributed by atoms with Gasteiger partial charge in [0.15, 0.2) is 0 Å². The molecule has 1 rings (SSSR count). The van der Waals surface area contributed by atoms with Crippen LogP contribution in [-0.2, 0) is 0 Å². The third kappa shape index (κ3) is 3.57. The van der Waals surface area contributed by atoms with Crippen LogP contribution in [0.25, 0.3) is 5.57 Å². The first-order valence-electron chi connectivity index (χ1n) is 4.35. The Morgan fingerprint density at radius 3 is 1.62 bits per heavy atom. The van der Waals surface area contributed by atoms with Gasteiger partial charge in [0.25, 0.3) is 0 Å². The molecule has 0 atom stereocenters. The standard InChI is InChI=1S/C13H14/c1-12(2)13-10-8-6-4-3-5-7-9-11-13/h3-11H,1H2,2H3. The summed E-state index contributed by atoms with van der Waals surface area (Å²) in [6.07, 6.45) is 0. The van der Waals surface area contributed by atoms with E-state index < -0.39 is 0 Å². The van der Waals surface area contributed by atoms with Crippen molar-refractivity contribution in [1.29, 1.82) is 0 Å². The van der Waals surface area contributed by atoms with Crippen molar-refractivity contribution in [2.24, 2.45) is 0 Å². The molecule has 1 aromatic rings. The molecule has 0 fully saturated rings. The number of rotatable bonds is 1. The van der Waals surface area contributed by atoms with Crippen molar-refractivity contribution in [3.8, 4) is 0 Å². The second kappa shape index (κ2) is 5.15. The third-order valence-corrected chi connectivity index (χ3v) is 1.71. The Hall–Kier alpha value is -1.56. The molecule has 0 radical (unpaired) electrons. The van der Waals surface area contributed by atoms with Crippen LogP contribution in [0.5, 0.6) is 0 Å². The molecule has 0 saturated carbocycles. The first-order valence-corrected chi connectivity index (χ1v) is 4.35. The lowest BCUT2D eigenvalue weighted by atomic mass is 10.1. The molecular formula is C13H14. The highest BCUT2D eigenvalue weighted by molar-refractivity contribution is 5.60. The predicted molar refractivity (Wildman–Crippen MR) is 58.8 cm³/mol. The van der Waals surface area contributed by atoms with Crippen LogP contribution in [0.4, 0.5) is 0 Å². The smallest absolute Gasteiger partial charge is 0.0233 e. The number of allylic oxidation sites excluding steroid dienone is 1. The van der Waals surface area contributed by atoms with Gasteiger partial charge in [-0.25, -0.2) is 0 Å². The van der Waals surface area contributed by atoms with E-state index in [9.17, 15) is 0 Å². The average Bonchev–Trinajstić information content (AvgIpc) is 2.14. The molecule has 0 aromatic heterocycles. The maximum atomic E-state index is 3.91. The SMILES string of the molecule is C=C(C)c1ccccccccc1. The molecule has 0 nitrogen and oxygen atoms in total. The summed E-state index contributed by atoms with van der Waals surface area (Å²) >= 11 is 0. The molecule has 0 aliphatic rings. The zero-order valence-corrected chi connectivity index (χ0v) is 7.90. The Bertz CT molecular complexity index is 311. The Labute approximate surface area is 79.9 Å². The van der Waals surface area contributed by atoms with Crippen molar-refractivity contribution in [2.45, 2.75) is 6.92 Å². The Morgan fingerprint density at radius 1 is 0.846 bits per heavy atom. The van der Waals surface area contributed by atoms with E-state index >= 15 is 0 Å². The van der Waals surface area contributed by atoms with Crippen LogP contribution in [0.2, 0.25) is 0 Å². The molecule has 0 aliphatic carbocycles. The van der Waals surface area contributed by atoms with Crippen LogP contribution >= 0.6 is 0 Å². The third-order valence-electron chi connectivity index (χ3n) is 1.71. The molecule has 1 aromatic carbocycles. The fourth-order valence-corrected chi connectivity index (χ4v) is 0.979. The fraction of sp³-hybridized carbons (Fsp3) is 0.0769. The maximum Gasteiger partial charge on any atom is -0.0233 e. The summed E-state index contributed by atoms with van der Waals surface area (Å²) in [5.74, 6) is 0. The Balaban J connectivity index is 3.19. The lowest BCUT2D eigenvalue weighted by Gasteiger charge is -1.92. The summed E-state index contributed by atoms with van der Waals surface area (Å²) in [5, 5.41) is 0. The van der Waals surface area contributed by atoms with E-state index in [1.54, 1.807) is 0 Å². The van der Waals surface area contributed by atoms with Crippen LogP contribution in [0.3, 0.4) is 0 Å². The molecule has 0 saturated heterocycles. The minimum Gasteiger partial charge on any atom is -0.0955 e. The van der Waals surface area contributed by atoms with Crippen molar-refractivity contribution in [3.63, 3.8) is 0 Å². The van der Waals surface area contributed by atoms with Gasteiger partial charge in [-0.3, -0.25) is 0 Å². The van der Waals surface area contributed by atoms with Gasteiger partial charge in [-0.15, -0.1) is 0 Å². The molecule has 0 heterocycles. The zero-order chi connectivity index (χ0) is 9.52. The van der Waals surface area contributed by atoms with Crippen LogP contribution in [-0.4, -0.2) is 0 Å². The molecule has 0 amide bonds. The molecule has 0 spiro atoms. The zero-order valence-electron chi connectivity index (χ0n) is 7.90. The van der Waals surface area contributed by atoms with Crippen LogP contribution in [0.15, 0.2) is 61.2 Å². The topological polar surface area (TPSA) is 0 Å². The van der Waals surface area contributed by atoms with Crippen molar-refractivity contribution in [2.75, 3.05) is 0 Å². The summed E-state index contributed by atoms with van der Waals surface area (Å²) in [4.78, 5) is 0. The van der Waals surface area contributed by atoms with E-state index in [1.807, 2.05) is 49.4 Å². The molecule has 13 heavy (non-hydrogen) atoms. The molecule has 0 bridgehead atoms. The van der Waals surface area contributed by atoms with Crippen molar-refractivity contribution < 1.29 is 0 Å². The van der Waals surface area contributed by atoms with E-state index in [2.05, 4.69) is 18.7 Å². The van der Waals surface area contributed by atoms with Crippen LogP contribution in [0.1, 0.15) is 12.5 Å². The Morgan fingerprint density at radius 2 is 1.23 bits per heavy atom. The molecule has 0 heteroatoms. The minimum absolute atomic E-state index is 1.08. The van der Waals surface area contributed by atoms with Gasteiger partial charge in [-0.2, -0.15) is 0 Å². The second-order valence-electron chi connectivity index (χ2n) is 2.92. The maximum absolute atomic E-state index is 3.91. The van der Waals surface area contributed by atoms with Crippen molar-refractivity contribution in [3.05, 3.63) is 66.7 Å². The lowest BCUT2D eigenvalue weighted by Crippen LogP contribution is -1.70. The normalized spacial score (nSPS) is 8.69. The van der Waals surface area contributed by atoms with Crippen molar-refractivity contribution in [1.82, 2.24) is 0 Å². The highest BCUT2D eigenvalue weighted by atomic mass is 13.9. The second-order valence-corrected chi connectivity index (χ2v) is 2.92. The van der Waals surface area contributed by atoms with E-state index in [-0.39, 0.29) is 0 Å². The van der Waals surface area contributed by atoms with E-state index in [0.29, 0.717) is 0 Å². The monoisotopic (exact) mass is 170 g/mol. The Kier molecular flexibility index (Phi) is 3.77. The molecule has 0 aliphatic heterocycles. The number of hydrogen-bond donors (Lipinski definition) is 0. The summed E-state index contributed by atoms with van der Waals surface area (Å²) < 4.78 is 0. The summed E-state index contributed by atoms with van der Waals surface area (Å²) in [6, 6.07) is 18.2. The average molecular weight is 170 g/mol. The van der Waals surface area contributed by atoms with E-state index in [4.69, 9.17) is 0 Å². The molecule has 66 valence electrons. The molecular weight excluding hydrogens is 156 g/mol. The first-order chi connectivity index (χ1) is 6.30. The van der Waals surface area contributed by atoms with Gasteiger partial charge in [-0.1, -0.05) is 66.7 Å². The van der Waals surface area contributed by atoms with Gasteiger partial charge in [0.2, 0.25) is 0 Å². The van der Waals surface area contributed by atoms with E-state index in [1.165, 1.54) is 0 Å². The first kappa shape index (κ1) is 9.53. The van der Waals surface area contributed by atoms with Gasteiger partial charge >= 0.3 is 0 Å². The van der Waals surface area contributed by atoms with Crippen LogP contribution in [0, 0.1) is 0 Å². The summed E-state index contributed by atoms with van der Waals surface area (Å²) in [7, 11) is 0.